The molecule has 2 aromatic rings. The van der Waals surface area contributed by atoms with Crippen LogP contribution in [0.1, 0.15) is 11.1 Å². The third-order valence-corrected chi connectivity index (χ3v) is 4.29. The highest BCUT2D eigenvalue weighted by molar-refractivity contribution is 14.0. The van der Waals surface area contributed by atoms with Gasteiger partial charge in [0.15, 0.2) is 5.96 Å². The standard InChI is InChI=1S/C16H20ClN3OS.HI/c1-18-16(20-10-12-6-8-22-11-12)19-7-5-13-3-4-14(21-2)9-15(13)17;/h3-4,6,8-9,11H,5,7,10H2,1-2H3,(H2,18,19,20);1H. The Morgan fingerprint density at radius 3 is 2.74 bits per heavy atom. The van der Waals surface area contributed by atoms with Gasteiger partial charge in [-0.25, -0.2) is 0 Å². The SMILES string of the molecule is CN=C(NCCc1ccc(OC)cc1Cl)NCc1ccsc1.I. The number of thiophene rings is 1. The van der Waals surface area contributed by atoms with Gasteiger partial charge < -0.3 is 15.4 Å². The zero-order valence-corrected chi connectivity index (χ0v) is 17.0. The molecule has 0 bridgehead atoms. The Hall–Kier alpha value is -0.990. The van der Waals surface area contributed by atoms with Crippen LogP contribution >= 0.6 is 46.9 Å². The van der Waals surface area contributed by atoms with Gasteiger partial charge in [-0.2, -0.15) is 11.3 Å². The van der Waals surface area contributed by atoms with Crippen molar-refractivity contribution in [1.29, 1.82) is 0 Å². The number of hydrogen-bond donors (Lipinski definition) is 2. The topological polar surface area (TPSA) is 45.7 Å². The van der Waals surface area contributed by atoms with Crippen LogP contribution in [0.25, 0.3) is 0 Å². The number of nitrogens with one attached hydrogen (secondary N) is 2. The molecule has 2 rings (SSSR count). The summed E-state index contributed by atoms with van der Waals surface area (Å²) in [6.45, 7) is 1.53. The molecule has 0 atom stereocenters. The molecule has 1 heterocycles. The minimum Gasteiger partial charge on any atom is -0.497 e. The second-order valence-electron chi connectivity index (χ2n) is 4.69. The molecule has 0 unspecified atom stereocenters. The van der Waals surface area contributed by atoms with Crippen LogP contribution in [0, 0.1) is 0 Å². The summed E-state index contributed by atoms with van der Waals surface area (Å²) >= 11 is 7.93. The molecule has 2 N–H and O–H groups in total. The molecular weight excluding hydrogens is 445 g/mol. The number of guanidine groups is 1. The second kappa shape index (κ2) is 10.7. The molecule has 0 aliphatic carbocycles. The third-order valence-electron chi connectivity index (χ3n) is 3.21. The van der Waals surface area contributed by atoms with Crippen molar-refractivity contribution in [3.8, 4) is 5.75 Å². The summed E-state index contributed by atoms with van der Waals surface area (Å²) in [5, 5.41) is 11.5. The molecule has 0 amide bonds. The molecule has 0 saturated carbocycles. The third kappa shape index (κ3) is 6.56. The lowest BCUT2D eigenvalue weighted by Crippen LogP contribution is -2.37. The average molecular weight is 466 g/mol. The van der Waals surface area contributed by atoms with Gasteiger partial charge in [-0.15, -0.1) is 24.0 Å². The summed E-state index contributed by atoms with van der Waals surface area (Å²) in [6, 6.07) is 7.85. The van der Waals surface area contributed by atoms with Crippen molar-refractivity contribution >= 4 is 52.9 Å². The Kier molecular flexibility index (Phi) is 9.35. The highest BCUT2D eigenvalue weighted by Gasteiger charge is 2.03. The molecule has 0 aliphatic heterocycles. The molecule has 126 valence electrons. The van der Waals surface area contributed by atoms with E-state index >= 15 is 0 Å². The van der Waals surface area contributed by atoms with E-state index in [1.165, 1.54) is 5.56 Å². The van der Waals surface area contributed by atoms with Crippen molar-refractivity contribution in [3.05, 3.63) is 51.2 Å². The van der Waals surface area contributed by atoms with Gasteiger partial charge in [0, 0.05) is 25.2 Å². The van der Waals surface area contributed by atoms with Crippen LogP contribution < -0.4 is 15.4 Å². The normalized spacial score (nSPS) is 10.8. The van der Waals surface area contributed by atoms with E-state index in [9.17, 15) is 0 Å². The molecule has 0 fully saturated rings. The lowest BCUT2D eigenvalue weighted by molar-refractivity contribution is 0.414. The Labute approximate surface area is 163 Å². The van der Waals surface area contributed by atoms with Crippen LogP contribution in [0.15, 0.2) is 40.0 Å². The van der Waals surface area contributed by atoms with E-state index in [0.29, 0.717) is 0 Å². The van der Waals surface area contributed by atoms with E-state index in [4.69, 9.17) is 16.3 Å². The van der Waals surface area contributed by atoms with Gasteiger partial charge in [0.05, 0.1) is 7.11 Å². The van der Waals surface area contributed by atoms with Crippen LogP contribution in [-0.4, -0.2) is 26.7 Å². The molecule has 1 aromatic heterocycles. The number of methoxy groups -OCH3 is 1. The molecular formula is C16H21ClIN3OS. The predicted octanol–water partition coefficient (Wildman–Crippen LogP) is 3.94. The maximum atomic E-state index is 6.23. The Bertz CT molecular complexity index is 620. The maximum absolute atomic E-state index is 6.23. The summed E-state index contributed by atoms with van der Waals surface area (Å²) < 4.78 is 5.15. The first kappa shape index (κ1) is 20.1. The highest BCUT2D eigenvalue weighted by atomic mass is 127. The van der Waals surface area contributed by atoms with Crippen molar-refractivity contribution in [2.24, 2.45) is 4.99 Å². The largest absolute Gasteiger partial charge is 0.497 e. The molecule has 23 heavy (non-hydrogen) atoms. The first-order valence-corrected chi connectivity index (χ1v) is 8.33. The fourth-order valence-corrected chi connectivity index (χ4v) is 2.91. The van der Waals surface area contributed by atoms with Gasteiger partial charge in [0.1, 0.15) is 5.75 Å². The average Bonchev–Trinajstić information content (AvgIpc) is 3.05. The summed E-state index contributed by atoms with van der Waals surface area (Å²) in [7, 11) is 3.40. The van der Waals surface area contributed by atoms with E-state index in [-0.39, 0.29) is 24.0 Å². The maximum Gasteiger partial charge on any atom is 0.191 e. The van der Waals surface area contributed by atoms with E-state index in [1.807, 2.05) is 18.2 Å². The van der Waals surface area contributed by atoms with Gasteiger partial charge in [-0.1, -0.05) is 17.7 Å². The molecule has 0 spiro atoms. The highest BCUT2D eigenvalue weighted by Crippen LogP contribution is 2.22. The smallest absolute Gasteiger partial charge is 0.191 e. The molecule has 1 aromatic carbocycles. The molecule has 0 radical (unpaired) electrons. The van der Waals surface area contributed by atoms with Gasteiger partial charge in [-0.3, -0.25) is 4.99 Å². The molecule has 0 aliphatic rings. The fourth-order valence-electron chi connectivity index (χ4n) is 1.97. The van der Waals surface area contributed by atoms with E-state index < -0.39 is 0 Å². The number of aliphatic imine (C=N–C) groups is 1. The van der Waals surface area contributed by atoms with Crippen LogP contribution in [-0.2, 0) is 13.0 Å². The second-order valence-corrected chi connectivity index (χ2v) is 5.88. The number of benzene rings is 1. The van der Waals surface area contributed by atoms with Crippen molar-refractivity contribution in [3.63, 3.8) is 0 Å². The molecule has 7 heteroatoms. The lowest BCUT2D eigenvalue weighted by atomic mass is 10.1. The predicted molar refractivity (Wildman–Crippen MR) is 110 cm³/mol. The van der Waals surface area contributed by atoms with Crippen LogP contribution in [0.2, 0.25) is 5.02 Å². The van der Waals surface area contributed by atoms with Gasteiger partial charge in [-0.05, 0) is 46.5 Å². The van der Waals surface area contributed by atoms with E-state index in [2.05, 4.69) is 32.5 Å². The van der Waals surface area contributed by atoms with Crippen molar-refractivity contribution in [2.75, 3.05) is 20.7 Å². The van der Waals surface area contributed by atoms with Gasteiger partial charge in [0.2, 0.25) is 0 Å². The molecule has 0 saturated heterocycles. The first-order valence-electron chi connectivity index (χ1n) is 7.01. The lowest BCUT2D eigenvalue weighted by Gasteiger charge is -2.12. The Morgan fingerprint density at radius 2 is 2.13 bits per heavy atom. The van der Waals surface area contributed by atoms with Gasteiger partial charge >= 0.3 is 0 Å². The minimum atomic E-state index is 0. The Morgan fingerprint density at radius 1 is 1.30 bits per heavy atom. The number of halogens is 2. The summed E-state index contributed by atoms with van der Waals surface area (Å²) in [4.78, 5) is 4.21. The summed E-state index contributed by atoms with van der Waals surface area (Å²) in [5.74, 6) is 1.56. The van der Waals surface area contributed by atoms with E-state index in [1.54, 1.807) is 25.5 Å². The monoisotopic (exact) mass is 465 g/mol. The van der Waals surface area contributed by atoms with Crippen molar-refractivity contribution in [1.82, 2.24) is 10.6 Å². The Balaban J connectivity index is 0.00000264. The van der Waals surface area contributed by atoms with Gasteiger partial charge in [0.25, 0.3) is 0 Å². The zero-order valence-electron chi connectivity index (χ0n) is 13.1. The number of ether oxygens (including phenoxy) is 1. The van der Waals surface area contributed by atoms with Crippen molar-refractivity contribution < 1.29 is 4.74 Å². The first-order chi connectivity index (χ1) is 10.7. The van der Waals surface area contributed by atoms with Crippen molar-refractivity contribution in [2.45, 2.75) is 13.0 Å². The number of rotatable bonds is 6. The van der Waals surface area contributed by atoms with E-state index in [0.717, 1.165) is 41.8 Å². The number of hydrogen-bond acceptors (Lipinski definition) is 3. The fraction of sp³-hybridized carbons (Fsp3) is 0.312. The minimum absolute atomic E-state index is 0. The summed E-state index contributed by atoms with van der Waals surface area (Å²) in [5.41, 5.74) is 2.34. The number of nitrogens with zero attached hydrogens (tertiary/aromatic N) is 1. The van der Waals surface area contributed by atoms with Crippen LogP contribution in [0.5, 0.6) is 5.75 Å². The van der Waals surface area contributed by atoms with Crippen LogP contribution in [0.3, 0.4) is 0 Å². The quantitative estimate of drug-likeness (QED) is 0.386. The molecule has 4 nitrogen and oxygen atoms in total. The van der Waals surface area contributed by atoms with Crippen LogP contribution in [0.4, 0.5) is 0 Å². The summed E-state index contributed by atoms with van der Waals surface area (Å²) in [6.07, 6.45) is 0.821. The zero-order chi connectivity index (χ0) is 15.8.